The fourth-order valence-electron chi connectivity index (χ4n) is 3.03. The van der Waals surface area contributed by atoms with Crippen LogP contribution in [0.2, 0.25) is 0 Å². The van der Waals surface area contributed by atoms with Crippen molar-refractivity contribution in [1.29, 1.82) is 0 Å². The fraction of sp³-hybridized carbons (Fsp3) is 0.136. The van der Waals surface area contributed by atoms with Gasteiger partial charge in [0, 0.05) is 23.5 Å². The van der Waals surface area contributed by atoms with E-state index < -0.39 is 0 Å². The number of halogens is 1. The Morgan fingerprint density at radius 2 is 1.68 bits per heavy atom. The molecule has 28 heavy (non-hydrogen) atoms. The van der Waals surface area contributed by atoms with Gasteiger partial charge in [-0.3, -0.25) is 0 Å². The highest BCUT2D eigenvalue weighted by molar-refractivity contribution is 5.77. The van der Waals surface area contributed by atoms with Crippen LogP contribution < -0.4 is 5.32 Å². The van der Waals surface area contributed by atoms with E-state index in [0.29, 0.717) is 5.95 Å². The predicted octanol–water partition coefficient (Wildman–Crippen LogP) is 5.47. The van der Waals surface area contributed by atoms with Crippen molar-refractivity contribution in [3.05, 3.63) is 79.0 Å². The van der Waals surface area contributed by atoms with Crippen molar-refractivity contribution in [1.82, 2.24) is 19.5 Å². The first-order valence-corrected chi connectivity index (χ1v) is 9.10. The Labute approximate surface area is 162 Å². The van der Waals surface area contributed by atoms with Crippen LogP contribution in [0.5, 0.6) is 0 Å². The number of nitrogens with zero attached hydrogens (tertiary/aromatic N) is 4. The molecular formula is C22H20FN5. The van der Waals surface area contributed by atoms with Crippen LogP contribution in [0.3, 0.4) is 0 Å². The van der Waals surface area contributed by atoms with Crippen molar-refractivity contribution in [3.8, 4) is 22.6 Å². The van der Waals surface area contributed by atoms with Crippen LogP contribution in [-0.4, -0.2) is 19.5 Å². The minimum Gasteiger partial charge on any atom is -0.326 e. The third kappa shape index (κ3) is 3.62. The number of benzene rings is 2. The highest BCUT2D eigenvalue weighted by atomic mass is 19.1. The Bertz CT molecular complexity index is 1070. The summed E-state index contributed by atoms with van der Waals surface area (Å²) in [6.07, 6.45) is 3.52. The van der Waals surface area contributed by atoms with Crippen LogP contribution in [0.4, 0.5) is 16.0 Å². The number of rotatable bonds is 5. The molecular weight excluding hydrogens is 353 g/mol. The average Bonchev–Trinajstić information content (AvgIpc) is 3.15. The van der Waals surface area contributed by atoms with Gasteiger partial charge in [-0.25, -0.2) is 19.3 Å². The molecule has 0 unspecified atom stereocenters. The summed E-state index contributed by atoms with van der Waals surface area (Å²) in [5.41, 5.74) is 4.14. The zero-order valence-electron chi connectivity index (χ0n) is 15.7. The molecule has 0 fully saturated rings. The zero-order valence-corrected chi connectivity index (χ0v) is 15.7. The molecule has 2 heterocycles. The van der Waals surface area contributed by atoms with Gasteiger partial charge < -0.3 is 9.88 Å². The molecule has 2 aromatic heterocycles. The van der Waals surface area contributed by atoms with Gasteiger partial charge in [-0.05, 0) is 56.3 Å². The molecule has 0 radical (unpaired) electrons. The third-order valence-corrected chi connectivity index (χ3v) is 4.40. The van der Waals surface area contributed by atoms with Crippen LogP contribution in [0.15, 0.2) is 73.2 Å². The van der Waals surface area contributed by atoms with Gasteiger partial charge in [0.2, 0.25) is 5.95 Å². The summed E-state index contributed by atoms with van der Waals surface area (Å²) in [4.78, 5) is 13.6. The molecule has 0 amide bonds. The fourth-order valence-corrected chi connectivity index (χ4v) is 3.03. The smallest absolute Gasteiger partial charge is 0.227 e. The van der Waals surface area contributed by atoms with Crippen molar-refractivity contribution in [2.75, 3.05) is 5.32 Å². The average molecular weight is 373 g/mol. The molecule has 0 saturated carbocycles. The minimum atomic E-state index is -0.273. The van der Waals surface area contributed by atoms with E-state index in [1.165, 1.54) is 12.1 Å². The number of anilines is 2. The van der Waals surface area contributed by atoms with Crippen LogP contribution in [0.1, 0.15) is 19.9 Å². The quantitative estimate of drug-likeness (QED) is 0.504. The summed E-state index contributed by atoms with van der Waals surface area (Å²) in [5.74, 6) is 0.232. The maximum absolute atomic E-state index is 13.4. The Hall–Kier alpha value is -3.54. The molecule has 5 nitrogen and oxygen atoms in total. The molecule has 1 N–H and O–H groups in total. The number of nitrogens with one attached hydrogen (secondary N) is 1. The molecule has 0 aliphatic carbocycles. The second-order valence-electron chi connectivity index (χ2n) is 6.71. The minimum absolute atomic E-state index is 0.192. The molecule has 6 heteroatoms. The number of aromatic nitrogens is 4. The number of hydrogen-bond donors (Lipinski definition) is 1. The van der Waals surface area contributed by atoms with E-state index >= 15 is 0 Å². The maximum Gasteiger partial charge on any atom is 0.227 e. The Balaban J connectivity index is 1.79. The normalized spacial score (nSPS) is 11.0. The number of hydrogen-bond acceptors (Lipinski definition) is 4. The topological polar surface area (TPSA) is 55.6 Å². The van der Waals surface area contributed by atoms with E-state index in [-0.39, 0.29) is 11.9 Å². The largest absolute Gasteiger partial charge is 0.326 e. The van der Waals surface area contributed by atoms with E-state index in [1.807, 2.05) is 36.4 Å². The van der Waals surface area contributed by atoms with E-state index in [0.717, 1.165) is 28.3 Å². The van der Waals surface area contributed by atoms with E-state index in [1.54, 1.807) is 24.7 Å². The first kappa shape index (κ1) is 17.9. The van der Waals surface area contributed by atoms with Crippen molar-refractivity contribution >= 4 is 11.6 Å². The highest BCUT2D eigenvalue weighted by Crippen LogP contribution is 2.32. The van der Waals surface area contributed by atoms with Gasteiger partial charge in [-0.15, -0.1) is 0 Å². The second kappa shape index (κ2) is 7.60. The summed E-state index contributed by atoms with van der Waals surface area (Å²) in [7, 11) is 0. The molecule has 4 aromatic rings. The van der Waals surface area contributed by atoms with Gasteiger partial charge in [-0.2, -0.15) is 0 Å². The highest BCUT2D eigenvalue weighted by Gasteiger charge is 2.18. The molecule has 0 aliphatic heterocycles. The third-order valence-electron chi connectivity index (χ3n) is 4.40. The lowest BCUT2D eigenvalue weighted by Gasteiger charge is -2.14. The molecule has 0 atom stereocenters. The lowest BCUT2D eigenvalue weighted by atomic mass is 10.1. The maximum atomic E-state index is 13.4. The van der Waals surface area contributed by atoms with Crippen molar-refractivity contribution < 1.29 is 4.39 Å². The van der Waals surface area contributed by atoms with Gasteiger partial charge in [-0.1, -0.05) is 18.2 Å². The molecule has 140 valence electrons. The van der Waals surface area contributed by atoms with E-state index in [9.17, 15) is 4.39 Å². The van der Waals surface area contributed by atoms with Crippen molar-refractivity contribution in [2.45, 2.75) is 19.9 Å². The lowest BCUT2D eigenvalue weighted by molar-refractivity contribution is 0.604. The second-order valence-corrected chi connectivity index (χ2v) is 6.71. The van der Waals surface area contributed by atoms with Gasteiger partial charge >= 0.3 is 0 Å². The summed E-state index contributed by atoms with van der Waals surface area (Å²) in [6, 6.07) is 18.2. The van der Waals surface area contributed by atoms with E-state index in [4.69, 9.17) is 4.98 Å². The molecule has 4 rings (SSSR count). The summed E-state index contributed by atoms with van der Waals surface area (Å²) in [6.45, 7) is 4.17. The van der Waals surface area contributed by atoms with Gasteiger partial charge in [0.15, 0.2) is 0 Å². The first-order chi connectivity index (χ1) is 13.6. The Morgan fingerprint density at radius 1 is 0.929 bits per heavy atom. The standard InChI is InChI=1S/C22H20FN5/c1-15(2)28-14-25-20(16-8-10-17(23)11-9-16)21(28)19-12-13-24-22(27-19)26-18-6-4-3-5-7-18/h3-15H,1-2H3,(H,24,26,27). The van der Waals surface area contributed by atoms with Crippen molar-refractivity contribution in [2.24, 2.45) is 0 Å². The predicted molar refractivity (Wildman–Crippen MR) is 109 cm³/mol. The lowest BCUT2D eigenvalue weighted by Crippen LogP contribution is -2.04. The molecule has 0 spiro atoms. The first-order valence-electron chi connectivity index (χ1n) is 9.10. The van der Waals surface area contributed by atoms with Gasteiger partial charge in [0.1, 0.15) is 5.82 Å². The molecule has 0 bridgehead atoms. The number of imidazole rings is 1. The van der Waals surface area contributed by atoms with Crippen LogP contribution in [0, 0.1) is 5.82 Å². The van der Waals surface area contributed by atoms with Crippen LogP contribution in [0.25, 0.3) is 22.6 Å². The summed E-state index contributed by atoms with van der Waals surface area (Å²) >= 11 is 0. The molecule has 0 aliphatic rings. The molecule has 2 aromatic carbocycles. The molecule has 0 saturated heterocycles. The Kier molecular flexibility index (Phi) is 4.85. The SMILES string of the molecule is CC(C)n1cnc(-c2ccc(F)cc2)c1-c1ccnc(Nc2ccccc2)n1. The number of para-hydroxylation sites is 1. The van der Waals surface area contributed by atoms with Gasteiger partial charge in [0.05, 0.1) is 23.4 Å². The van der Waals surface area contributed by atoms with Crippen molar-refractivity contribution in [3.63, 3.8) is 0 Å². The Morgan fingerprint density at radius 3 is 2.39 bits per heavy atom. The van der Waals surface area contributed by atoms with Crippen LogP contribution >= 0.6 is 0 Å². The summed E-state index contributed by atoms with van der Waals surface area (Å²) < 4.78 is 15.4. The zero-order chi connectivity index (χ0) is 19.5. The monoisotopic (exact) mass is 373 g/mol. The van der Waals surface area contributed by atoms with Gasteiger partial charge in [0.25, 0.3) is 0 Å². The van der Waals surface area contributed by atoms with Crippen LogP contribution in [-0.2, 0) is 0 Å². The van der Waals surface area contributed by atoms with E-state index in [2.05, 4.69) is 33.7 Å². The summed E-state index contributed by atoms with van der Waals surface area (Å²) in [5, 5.41) is 3.22.